The monoisotopic (exact) mass is 480 g/mol. The third kappa shape index (κ3) is 8.62. The van der Waals surface area contributed by atoms with Crippen LogP contribution in [0.4, 0.5) is 0 Å². The summed E-state index contributed by atoms with van der Waals surface area (Å²) in [5, 5.41) is 23.8. The molecule has 14 nitrogen and oxygen atoms in total. The number of nitrogens with one attached hydrogen (secondary N) is 1. The molecule has 0 radical (unpaired) electrons. The van der Waals surface area contributed by atoms with Crippen LogP contribution in [0.25, 0.3) is 0 Å². The average molecular weight is 480 g/mol. The van der Waals surface area contributed by atoms with E-state index in [0.717, 1.165) is 12.3 Å². The molecule has 1 unspecified atom stereocenters. The summed E-state index contributed by atoms with van der Waals surface area (Å²) in [6.07, 6.45) is -6.38. The van der Waals surface area contributed by atoms with E-state index in [4.69, 9.17) is 19.4 Å². The molecule has 27 heavy (non-hydrogen) atoms. The first-order valence-electron chi connectivity index (χ1n) is 6.42. The molecule has 0 aromatic carbocycles. The topological polar surface area (TPSA) is 224 Å². The van der Waals surface area contributed by atoms with Gasteiger partial charge in [-0.25, -0.2) is 13.9 Å². The van der Waals surface area contributed by atoms with E-state index in [1.807, 2.05) is 4.98 Å². The number of rotatable bonds is 6. The molecule has 0 spiro atoms. The number of H-pyrrole nitrogens is 1. The van der Waals surface area contributed by atoms with Crippen LogP contribution in [0, 0.1) is 0 Å². The molecule has 2 heterocycles. The van der Waals surface area contributed by atoms with E-state index < -0.39 is 58.0 Å². The summed E-state index contributed by atoms with van der Waals surface area (Å²) >= 11 is 0. The first-order valence-corrected chi connectivity index (χ1v) is 9.45. The van der Waals surface area contributed by atoms with Crippen molar-refractivity contribution in [2.45, 2.75) is 24.5 Å². The van der Waals surface area contributed by atoms with E-state index in [2.05, 4.69) is 8.83 Å². The summed E-state index contributed by atoms with van der Waals surface area (Å²) in [6, 6.07) is 0.914. The largest absolute Gasteiger partial charge is 1.00 e. The number of hydrogen-bond donors (Lipinski definition) is 4. The molecule has 1 saturated heterocycles. The zero-order valence-electron chi connectivity index (χ0n) is 14.0. The van der Waals surface area contributed by atoms with Crippen molar-refractivity contribution < 1.29 is 150 Å². The maximum Gasteiger partial charge on any atom is 1.00 e. The van der Waals surface area contributed by atoms with E-state index in [-0.39, 0.29) is 103 Å². The first kappa shape index (κ1) is 29.1. The van der Waals surface area contributed by atoms with E-state index in [1.165, 1.54) is 0 Å². The molecule has 2 rings (SSSR count). The molecule has 1 aliphatic rings. The van der Waals surface area contributed by atoms with Crippen LogP contribution in [-0.4, -0.2) is 49.2 Å². The van der Waals surface area contributed by atoms with Gasteiger partial charge in [0.15, 0.2) is 0 Å². The number of phosphoric ester groups is 1. The minimum atomic E-state index is -5.35. The second-order valence-corrected chi connectivity index (χ2v) is 7.68. The van der Waals surface area contributed by atoms with Crippen molar-refractivity contribution in [1.82, 2.24) is 9.55 Å². The average Bonchev–Trinajstić information content (AvgIpc) is 2.71. The second-order valence-electron chi connectivity index (χ2n) is 4.85. The molecule has 1 aromatic rings. The van der Waals surface area contributed by atoms with Crippen LogP contribution in [0.3, 0.4) is 0 Å². The van der Waals surface area contributed by atoms with Crippen LogP contribution in [0.5, 0.6) is 0 Å². The summed E-state index contributed by atoms with van der Waals surface area (Å²) in [7, 11) is -10.6. The van der Waals surface area contributed by atoms with Gasteiger partial charge in [0.1, 0.15) is 6.23 Å². The standard InChI is InChI=1S/C9H12N2O12P2.2K/c12-5-1-2-11(9(15)10-5)8-7(14)6(13)4(22-8)3-21-25(19,20)23-24(16,17)18;;/h1-2,4,6-8H,3H2,(H,19,20)(H,10,12,15)(H2,16,17,18);;/q-2;2*+1/t4-,6-,7-,8-;;/m1../s1. The van der Waals surface area contributed by atoms with Crippen LogP contribution >= 0.6 is 15.6 Å². The van der Waals surface area contributed by atoms with Crippen molar-refractivity contribution in [3.8, 4) is 0 Å². The molecular formula is C9H12K2N2O12P2. The molecule has 0 saturated carbocycles. The van der Waals surface area contributed by atoms with Gasteiger partial charge < -0.3 is 29.6 Å². The predicted octanol–water partition coefficient (Wildman–Crippen LogP) is -9.87. The smallest absolute Gasteiger partial charge is 0.851 e. The van der Waals surface area contributed by atoms with E-state index in [9.17, 15) is 28.9 Å². The molecule has 1 aromatic heterocycles. The zero-order valence-corrected chi connectivity index (χ0v) is 22.1. The number of nitrogens with zero attached hydrogens (tertiary/aromatic N) is 1. The van der Waals surface area contributed by atoms with E-state index in [1.54, 1.807) is 0 Å². The van der Waals surface area contributed by atoms with Gasteiger partial charge in [-0.2, -0.15) is 4.31 Å². The Hall–Kier alpha value is 2.09. The second kappa shape index (κ2) is 11.6. The van der Waals surface area contributed by atoms with Crippen molar-refractivity contribution in [2.75, 3.05) is 6.61 Å². The molecule has 1 fully saturated rings. The van der Waals surface area contributed by atoms with E-state index in [0.29, 0.717) is 4.57 Å². The van der Waals surface area contributed by atoms with Gasteiger partial charge >= 0.3 is 124 Å². The van der Waals surface area contributed by atoms with Gasteiger partial charge in [-0.1, -0.05) is 6.10 Å². The molecule has 142 valence electrons. The normalized spacial score (nSPS) is 27.3. The number of hydrogen-bond acceptors (Lipinski definition) is 9. The summed E-state index contributed by atoms with van der Waals surface area (Å²) in [4.78, 5) is 50.5. The Labute approximate surface area is 235 Å². The van der Waals surface area contributed by atoms with Crippen molar-refractivity contribution in [3.63, 3.8) is 0 Å². The number of aromatic amines is 1. The maximum absolute atomic E-state index is 12.0. The third-order valence-corrected chi connectivity index (χ3v) is 5.17. The van der Waals surface area contributed by atoms with E-state index >= 15 is 0 Å². The van der Waals surface area contributed by atoms with Gasteiger partial charge in [-0.3, -0.25) is 18.9 Å². The fraction of sp³-hybridized carbons (Fsp3) is 0.556. The molecule has 1 aliphatic heterocycles. The molecule has 0 aliphatic carbocycles. The van der Waals surface area contributed by atoms with Crippen molar-refractivity contribution in [2.24, 2.45) is 0 Å². The van der Waals surface area contributed by atoms with Gasteiger partial charge in [0.25, 0.3) is 5.56 Å². The Morgan fingerprint density at radius 3 is 2.30 bits per heavy atom. The number of aromatic nitrogens is 2. The molecule has 4 N–H and O–H groups in total. The summed E-state index contributed by atoms with van der Waals surface area (Å²) < 4.78 is 35.3. The Balaban J connectivity index is 0.00000338. The van der Waals surface area contributed by atoms with Gasteiger partial charge in [0, 0.05) is 12.3 Å². The summed E-state index contributed by atoms with van der Waals surface area (Å²) in [6.45, 7) is -1.00. The maximum atomic E-state index is 12.0. The van der Waals surface area contributed by atoms with Gasteiger partial charge in [0.05, 0.1) is 12.7 Å². The van der Waals surface area contributed by atoms with Crippen molar-refractivity contribution in [3.05, 3.63) is 33.1 Å². The SMILES string of the molecule is O=c1ccn([C@@H]2O[C@H](COP(=O)(O)OP(=O)(O)O)[C@@H]([O-])[C@H]2[O-])c(=O)[nH]1.[K+].[K+]. The molecule has 0 bridgehead atoms. The van der Waals surface area contributed by atoms with Gasteiger partial charge in [0.2, 0.25) is 0 Å². The molecule has 5 atom stereocenters. The number of ether oxygens (including phenoxy) is 1. The van der Waals surface area contributed by atoms with Crippen LogP contribution in [0.2, 0.25) is 0 Å². The van der Waals surface area contributed by atoms with Gasteiger partial charge in [-0.05, 0) is 0 Å². The Kier molecular flexibility index (Phi) is 12.5. The first-order chi connectivity index (χ1) is 11.4. The quantitative estimate of drug-likeness (QED) is 0.220. The predicted molar refractivity (Wildman–Crippen MR) is 71.7 cm³/mol. The summed E-state index contributed by atoms with van der Waals surface area (Å²) in [5.74, 6) is 0. The fourth-order valence-electron chi connectivity index (χ4n) is 2.02. The Morgan fingerprint density at radius 1 is 1.19 bits per heavy atom. The van der Waals surface area contributed by atoms with Crippen LogP contribution in [0.1, 0.15) is 6.23 Å². The minimum absolute atomic E-state index is 0. The Morgan fingerprint density at radius 2 is 1.78 bits per heavy atom. The zero-order chi connectivity index (χ0) is 19.0. The Bertz CT molecular complexity index is 839. The van der Waals surface area contributed by atoms with Crippen molar-refractivity contribution in [1.29, 1.82) is 0 Å². The van der Waals surface area contributed by atoms with Crippen LogP contribution < -0.4 is 124 Å². The molecule has 18 heteroatoms. The fourth-order valence-corrected chi connectivity index (χ4v) is 3.62. The van der Waals surface area contributed by atoms with Crippen LogP contribution in [-0.2, 0) is 22.7 Å². The van der Waals surface area contributed by atoms with Crippen LogP contribution in [0.15, 0.2) is 21.9 Å². The number of phosphoric acid groups is 2. The van der Waals surface area contributed by atoms with Crippen molar-refractivity contribution >= 4 is 15.6 Å². The minimum Gasteiger partial charge on any atom is -0.851 e. The third-order valence-electron chi connectivity index (χ3n) is 3.02. The summed E-state index contributed by atoms with van der Waals surface area (Å²) in [5.41, 5.74) is -1.75. The molecule has 0 amide bonds. The molecular weight excluding hydrogens is 468 g/mol. The van der Waals surface area contributed by atoms with Gasteiger partial charge in [-0.15, -0.1) is 6.10 Å².